The number of carbonyl (C=O) groups is 3. The molecule has 0 spiro atoms. The summed E-state index contributed by atoms with van der Waals surface area (Å²) in [5.41, 5.74) is 2.28. The summed E-state index contributed by atoms with van der Waals surface area (Å²) < 4.78 is 0. The minimum absolute atomic E-state index is 0.269. The lowest BCUT2D eigenvalue weighted by molar-refractivity contribution is -0.152. The van der Waals surface area contributed by atoms with Crippen LogP contribution in [0.1, 0.15) is 39.0 Å². The van der Waals surface area contributed by atoms with Gasteiger partial charge in [-0.25, -0.2) is 5.48 Å². The fraction of sp³-hybridized carbons (Fsp3) is 0.476. The van der Waals surface area contributed by atoms with Gasteiger partial charge in [-0.05, 0) is 19.3 Å². The molecular weight excluding hydrogens is 434 g/mol. The first kappa shape index (κ1) is 23.8. The number of hydroxylamine groups is 1. The highest BCUT2D eigenvalue weighted by atomic mass is 32.1. The molecule has 4 N–H and O–H groups in total. The minimum Gasteiger partial charge on any atom is -0.382 e. The molecule has 10 nitrogen and oxygen atoms in total. The molecule has 0 radical (unpaired) electrons. The predicted octanol–water partition coefficient (Wildman–Crippen LogP) is 1.81. The van der Waals surface area contributed by atoms with Gasteiger partial charge in [0.1, 0.15) is 17.2 Å². The highest BCUT2D eigenvalue weighted by Crippen LogP contribution is 2.28. The van der Waals surface area contributed by atoms with Gasteiger partial charge in [0.25, 0.3) is 5.91 Å². The largest absolute Gasteiger partial charge is 0.382 e. The van der Waals surface area contributed by atoms with Crippen molar-refractivity contribution < 1.29 is 24.7 Å². The van der Waals surface area contributed by atoms with Crippen LogP contribution in [0, 0.1) is 5.92 Å². The molecule has 1 saturated heterocycles. The smallest absolute Gasteiger partial charge is 0.272 e. The van der Waals surface area contributed by atoms with Crippen LogP contribution in [0.4, 0.5) is 5.13 Å². The Morgan fingerprint density at radius 2 is 2.00 bits per heavy atom. The molecule has 32 heavy (non-hydrogen) atoms. The van der Waals surface area contributed by atoms with Gasteiger partial charge < -0.3 is 10.0 Å². The van der Waals surface area contributed by atoms with E-state index in [1.54, 1.807) is 0 Å². The first-order valence-corrected chi connectivity index (χ1v) is 11.4. The summed E-state index contributed by atoms with van der Waals surface area (Å²) >= 11 is 1.23. The molecule has 1 aliphatic rings. The number of carbonyl (C=O) groups excluding carboxylic acids is 3. The average Bonchev–Trinajstić information content (AvgIpc) is 3.49. The molecular formula is C21H27N5O5S. The van der Waals surface area contributed by atoms with Crippen molar-refractivity contribution in [3.63, 3.8) is 0 Å². The van der Waals surface area contributed by atoms with Crippen molar-refractivity contribution in [3.05, 3.63) is 30.3 Å². The van der Waals surface area contributed by atoms with Crippen LogP contribution in [-0.4, -0.2) is 61.8 Å². The third-order valence-electron chi connectivity index (χ3n) is 5.46. The van der Waals surface area contributed by atoms with E-state index in [4.69, 9.17) is 5.21 Å². The fourth-order valence-corrected chi connectivity index (χ4v) is 4.52. The number of unbranched alkanes of at least 4 members (excludes halogenated alkanes) is 1. The Balaban J connectivity index is 1.70. The van der Waals surface area contributed by atoms with E-state index < -0.39 is 29.9 Å². The van der Waals surface area contributed by atoms with E-state index >= 15 is 0 Å². The molecule has 2 aromatic rings. The number of aliphatic hydroxyl groups is 1. The van der Waals surface area contributed by atoms with Crippen LogP contribution in [0.2, 0.25) is 0 Å². The van der Waals surface area contributed by atoms with Gasteiger partial charge >= 0.3 is 0 Å². The van der Waals surface area contributed by atoms with Crippen molar-refractivity contribution in [1.82, 2.24) is 20.6 Å². The van der Waals surface area contributed by atoms with Gasteiger partial charge in [-0.15, -0.1) is 10.2 Å². The van der Waals surface area contributed by atoms with E-state index in [1.807, 2.05) is 37.3 Å². The highest BCUT2D eigenvalue weighted by Gasteiger charge is 2.41. The monoisotopic (exact) mass is 461 g/mol. The van der Waals surface area contributed by atoms with Crippen LogP contribution in [-0.2, 0) is 14.4 Å². The van der Waals surface area contributed by atoms with Crippen molar-refractivity contribution in [1.29, 1.82) is 0 Å². The molecule has 0 unspecified atom stereocenters. The number of hydrogen-bond acceptors (Lipinski definition) is 8. The van der Waals surface area contributed by atoms with Gasteiger partial charge in [-0.1, -0.05) is 61.4 Å². The summed E-state index contributed by atoms with van der Waals surface area (Å²) in [6, 6.07) is 8.73. The quantitative estimate of drug-likeness (QED) is 0.329. The number of likely N-dealkylation sites (tertiary alicyclic amines) is 1. The lowest BCUT2D eigenvalue weighted by atomic mass is 9.93. The normalized spacial score (nSPS) is 17.6. The second-order valence-electron chi connectivity index (χ2n) is 7.63. The Bertz CT molecular complexity index is 938. The van der Waals surface area contributed by atoms with E-state index in [1.165, 1.54) is 21.7 Å². The van der Waals surface area contributed by atoms with Crippen LogP contribution in [0.25, 0.3) is 10.6 Å². The molecule has 0 saturated carbocycles. The average molecular weight is 462 g/mol. The number of nitrogens with zero attached hydrogens (tertiary/aromatic N) is 3. The van der Waals surface area contributed by atoms with Crippen molar-refractivity contribution in [2.45, 2.75) is 51.2 Å². The molecule has 1 aromatic heterocycles. The summed E-state index contributed by atoms with van der Waals surface area (Å²) in [7, 11) is 0. The SMILES string of the molecule is CCCC[C@@H](C(=O)N1CCC[C@H]1C(=O)Nc1nnc(-c2ccccc2)s1)[C@H](O)C(=O)NO. The van der Waals surface area contributed by atoms with Crippen LogP contribution in [0.3, 0.4) is 0 Å². The maximum atomic E-state index is 13.2. The fourth-order valence-electron chi connectivity index (χ4n) is 3.77. The van der Waals surface area contributed by atoms with Crippen molar-refractivity contribution in [2.24, 2.45) is 5.92 Å². The molecule has 1 aliphatic heterocycles. The third kappa shape index (κ3) is 5.47. The van der Waals surface area contributed by atoms with Crippen molar-refractivity contribution >= 4 is 34.2 Å². The molecule has 3 atom stereocenters. The Morgan fingerprint density at radius 3 is 2.69 bits per heavy atom. The molecule has 0 aliphatic carbocycles. The Morgan fingerprint density at radius 1 is 1.25 bits per heavy atom. The van der Waals surface area contributed by atoms with Gasteiger partial charge in [0.15, 0.2) is 0 Å². The number of rotatable bonds is 9. The molecule has 11 heteroatoms. The van der Waals surface area contributed by atoms with E-state index in [0.29, 0.717) is 35.9 Å². The number of benzene rings is 1. The molecule has 3 amide bonds. The van der Waals surface area contributed by atoms with Crippen LogP contribution in [0.5, 0.6) is 0 Å². The Hall–Kier alpha value is -2.89. The Kier molecular flexibility index (Phi) is 8.26. The number of amides is 3. The first-order valence-electron chi connectivity index (χ1n) is 10.6. The predicted molar refractivity (Wildman–Crippen MR) is 118 cm³/mol. The van der Waals surface area contributed by atoms with Crippen molar-refractivity contribution in [3.8, 4) is 10.6 Å². The zero-order valence-corrected chi connectivity index (χ0v) is 18.5. The number of nitrogens with one attached hydrogen (secondary N) is 2. The number of hydrogen-bond donors (Lipinski definition) is 4. The van der Waals surface area contributed by atoms with E-state index in [-0.39, 0.29) is 12.3 Å². The van der Waals surface area contributed by atoms with Gasteiger partial charge in [-0.2, -0.15) is 0 Å². The van der Waals surface area contributed by atoms with Crippen molar-refractivity contribution in [2.75, 3.05) is 11.9 Å². The van der Waals surface area contributed by atoms with E-state index in [9.17, 15) is 19.5 Å². The standard InChI is InChI=1S/C21H27N5O5S/c1-2-3-10-14(16(27)18(29)25-31)20(30)26-12-7-11-15(26)17(28)22-21-24-23-19(32-21)13-8-5-4-6-9-13/h4-6,8-9,14-16,27,31H,2-3,7,10-12H2,1H3,(H,25,29)(H,22,24,28)/t14-,15+,16+/m1/s1. The molecule has 2 heterocycles. The number of aromatic nitrogens is 2. The highest BCUT2D eigenvalue weighted by molar-refractivity contribution is 7.18. The number of aliphatic hydroxyl groups excluding tert-OH is 1. The molecule has 3 rings (SSSR count). The van der Waals surface area contributed by atoms with E-state index in [2.05, 4.69) is 15.5 Å². The Labute approximate surface area is 189 Å². The topological polar surface area (TPSA) is 145 Å². The maximum Gasteiger partial charge on any atom is 0.272 e. The zero-order chi connectivity index (χ0) is 23.1. The summed E-state index contributed by atoms with van der Waals surface area (Å²) in [6.07, 6.45) is 1.04. The first-order chi connectivity index (χ1) is 15.5. The van der Waals surface area contributed by atoms with Gasteiger partial charge in [0.05, 0.1) is 5.92 Å². The molecule has 1 aromatic carbocycles. The van der Waals surface area contributed by atoms with Crippen LogP contribution >= 0.6 is 11.3 Å². The lowest BCUT2D eigenvalue weighted by Gasteiger charge is -2.29. The molecule has 1 fully saturated rings. The zero-order valence-electron chi connectivity index (χ0n) is 17.7. The van der Waals surface area contributed by atoms with Gasteiger partial charge in [-0.3, -0.25) is 24.9 Å². The molecule has 172 valence electrons. The third-order valence-corrected chi connectivity index (χ3v) is 6.35. The van der Waals surface area contributed by atoms with Gasteiger partial charge in [0, 0.05) is 12.1 Å². The maximum absolute atomic E-state index is 13.2. The van der Waals surface area contributed by atoms with Crippen LogP contribution in [0.15, 0.2) is 30.3 Å². The summed E-state index contributed by atoms with van der Waals surface area (Å²) in [6.45, 7) is 2.27. The second kappa shape index (κ2) is 11.1. The molecule has 0 bridgehead atoms. The minimum atomic E-state index is -1.69. The lowest BCUT2D eigenvalue weighted by Crippen LogP contribution is -2.50. The summed E-state index contributed by atoms with van der Waals surface area (Å²) in [5.74, 6) is -2.94. The summed E-state index contributed by atoms with van der Waals surface area (Å²) in [4.78, 5) is 39.2. The van der Waals surface area contributed by atoms with Crippen LogP contribution < -0.4 is 10.8 Å². The van der Waals surface area contributed by atoms with E-state index in [0.717, 1.165) is 12.0 Å². The van der Waals surface area contributed by atoms with Gasteiger partial charge in [0.2, 0.25) is 16.9 Å². The number of anilines is 1. The second-order valence-corrected chi connectivity index (χ2v) is 8.60. The summed E-state index contributed by atoms with van der Waals surface area (Å²) in [5, 5.41) is 31.0.